The molecule has 0 aromatic carbocycles. The Morgan fingerprint density at radius 1 is 1.45 bits per heavy atom. The van der Waals surface area contributed by atoms with Crippen LogP contribution < -0.4 is 15.8 Å². The number of carbonyl (C=O) groups is 1. The van der Waals surface area contributed by atoms with E-state index in [1.54, 1.807) is 19.1 Å². The number of pyridine rings is 1. The number of esters is 1. The van der Waals surface area contributed by atoms with Gasteiger partial charge < -0.3 is 20.5 Å². The first-order valence-corrected chi connectivity index (χ1v) is 6.85. The molecule has 1 aromatic rings. The maximum atomic E-state index is 11.2. The zero-order valence-corrected chi connectivity index (χ0v) is 12.3. The molecule has 6 heteroatoms. The van der Waals surface area contributed by atoms with E-state index in [9.17, 15) is 4.79 Å². The number of carbonyl (C=O) groups excluding carboxylic acids is 1. The SMILES string of the molecule is CCOC(=O)CCCNc1ccc(N)c(OC(C)C)n1. The number of nitrogens with one attached hydrogen (secondary N) is 1. The fourth-order valence-electron chi connectivity index (χ4n) is 1.55. The van der Waals surface area contributed by atoms with Gasteiger partial charge in [-0.05, 0) is 39.3 Å². The smallest absolute Gasteiger partial charge is 0.305 e. The van der Waals surface area contributed by atoms with E-state index in [-0.39, 0.29) is 12.1 Å². The second kappa shape index (κ2) is 8.24. The monoisotopic (exact) mass is 281 g/mol. The van der Waals surface area contributed by atoms with Gasteiger partial charge in [0.15, 0.2) is 0 Å². The van der Waals surface area contributed by atoms with Crippen LogP contribution in [0.1, 0.15) is 33.6 Å². The van der Waals surface area contributed by atoms with Gasteiger partial charge in [-0.25, -0.2) is 0 Å². The summed E-state index contributed by atoms with van der Waals surface area (Å²) in [5, 5.41) is 3.13. The second-order valence-electron chi connectivity index (χ2n) is 4.59. The van der Waals surface area contributed by atoms with Crippen molar-refractivity contribution in [3.05, 3.63) is 12.1 Å². The van der Waals surface area contributed by atoms with Crippen LogP contribution in [0.15, 0.2) is 12.1 Å². The summed E-state index contributed by atoms with van der Waals surface area (Å²) in [6.07, 6.45) is 1.10. The Kier molecular flexibility index (Phi) is 6.63. The summed E-state index contributed by atoms with van der Waals surface area (Å²) in [5.74, 6) is 0.928. The summed E-state index contributed by atoms with van der Waals surface area (Å²) < 4.78 is 10.4. The Morgan fingerprint density at radius 3 is 2.85 bits per heavy atom. The molecule has 1 rings (SSSR count). The van der Waals surface area contributed by atoms with Crippen molar-refractivity contribution in [2.45, 2.75) is 39.7 Å². The molecule has 0 radical (unpaired) electrons. The highest BCUT2D eigenvalue weighted by molar-refractivity contribution is 5.69. The van der Waals surface area contributed by atoms with Crippen LogP contribution >= 0.6 is 0 Å². The standard InChI is InChI=1S/C14H23N3O3/c1-4-19-13(18)6-5-9-16-12-8-7-11(15)14(17-12)20-10(2)3/h7-8,10H,4-6,9,15H2,1-3H3,(H,16,17). The van der Waals surface area contributed by atoms with Crippen molar-refractivity contribution >= 4 is 17.5 Å². The number of rotatable bonds is 8. The van der Waals surface area contributed by atoms with Gasteiger partial charge in [0.25, 0.3) is 0 Å². The minimum Gasteiger partial charge on any atom is -0.473 e. The van der Waals surface area contributed by atoms with Crippen molar-refractivity contribution in [2.24, 2.45) is 0 Å². The number of hydrogen-bond donors (Lipinski definition) is 2. The minimum atomic E-state index is -0.177. The van der Waals surface area contributed by atoms with Crippen LogP contribution in [0, 0.1) is 0 Å². The average molecular weight is 281 g/mol. The minimum absolute atomic E-state index is 0.0175. The number of hydrogen-bond acceptors (Lipinski definition) is 6. The van der Waals surface area contributed by atoms with Crippen LogP contribution in [0.4, 0.5) is 11.5 Å². The number of anilines is 2. The topological polar surface area (TPSA) is 86.5 Å². The number of nitrogens with two attached hydrogens (primary N) is 1. The van der Waals surface area contributed by atoms with Crippen LogP contribution in [-0.2, 0) is 9.53 Å². The van der Waals surface area contributed by atoms with E-state index in [0.717, 1.165) is 0 Å². The molecule has 0 aliphatic rings. The Hall–Kier alpha value is -1.98. The summed E-state index contributed by atoms with van der Waals surface area (Å²) in [7, 11) is 0. The van der Waals surface area contributed by atoms with E-state index < -0.39 is 0 Å². The van der Waals surface area contributed by atoms with Crippen molar-refractivity contribution in [1.82, 2.24) is 4.98 Å². The quantitative estimate of drug-likeness (QED) is 0.561. The van der Waals surface area contributed by atoms with Gasteiger partial charge in [0, 0.05) is 13.0 Å². The summed E-state index contributed by atoms with van der Waals surface area (Å²) in [6.45, 7) is 6.68. The summed E-state index contributed by atoms with van der Waals surface area (Å²) in [4.78, 5) is 15.5. The molecular weight excluding hydrogens is 258 g/mol. The normalized spacial score (nSPS) is 10.4. The van der Waals surface area contributed by atoms with Gasteiger partial charge in [0.1, 0.15) is 5.82 Å². The fraction of sp³-hybridized carbons (Fsp3) is 0.571. The molecule has 112 valence electrons. The molecule has 1 aromatic heterocycles. The highest BCUT2D eigenvalue weighted by Crippen LogP contribution is 2.21. The Labute approximate surface area is 119 Å². The third-order valence-electron chi connectivity index (χ3n) is 2.41. The highest BCUT2D eigenvalue weighted by Gasteiger charge is 2.06. The lowest BCUT2D eigenvalue weighted by atomic mass is 10.3. The predicted molar refractivity (Wildman–Crippen MR) is 78.8 cm³/mol. The molecule has 0 aliphatic carbocycles. The molecule has 0 saturated heterocycles. The van der Waals surface area contributed by atoms with Crippen LogP contribution in [0.2, 0.25) is 0 Å². The number of aromatic nitrogens is 1. The lowest BCUT2D eigenvalue weighted by Gasteiger charge is -2.13. The molecular formula is C14H23N3O3. The van der Waals surface area contributed by atoms with Gasteiger partial charge in [-0.1, -0.05) is 0 Å². The zero-order valence-electron chi connectivity index (χ0n) is 12.3. The molecule has 0 atom stereocenters. The number of ether oxygens (including phenoxy) is 2. The summed E-state index contributed by atoms with van der Waals surface area (Å²) in [5.41, 5.74) is 6.30. The third-order valence-corrected chi connectivity index (χ3v) is 2.41. The van der Waals surface area contributed by atoms with Gasteiger partial charge >= 0.3 is 5.97 Å². The molecule has 0 aliphatic heterocycles. The second-order valence-corrected chi connectivity index (χ2v) is 4.59. The molecule has 1 heterocycles. The van der Waals surface area contributed by atoms with Crippen LogP contribution in [0.25, 0.3) is 0 Å². The zero-order chi connectivity index (χ0) is 15.0. The molecule has 6 nitrogen and oxygen atoms in total. The van der Waals surface area contributed by atoms with Crippen molar-refractivity contribution < 1.29 is 14.3 Å². The number of nitrogens with zero attached hydrogens (tertiary/aromatic N) is 1. The molecule has 0 bridgehead atoms. The van der Waals surface area contributed by atoms with Crippen LogP contribution in [0.3, 0.4) is 0 Å². The van der Waals surface area contributed by atoms with Crippen molar-refractivity contribution in [2.75, 3.05) is 24.2 Å². The lowest BCUT2D eigenvalue weighted by molar-refractivity contribution is -0.143. The molecule has 0 spiro atoms. The Balaban J connectivity index is 2.42. The van der Waals surface area contributed by atoms with Gasteiger partial charge in [0.2, 0.25) is 5.88 Å². The van der Waals surface area contributed by atoms with Crippen LogP contribution in [-0.4, -0.2) is 30.2 Å². The van der Waals surface area contributed by atoms with Gasteiger partial charge in [-0.15, -0.1) is 0 Å². The molecule has 20 heavy (non-hydrogen) atoms. The molecule has 0 fully saturated rings. The molecule has 0 amide bonds. The first kappa shape index (κ1) is 16.1. The van der Waals surface area contributed by atoms with Crippen molar-refractivity contribution in [3.63, 3.8) is 0 Å². The van der Waals surface area contributed by atoms with E-state index in [4.69, 9.17) is 15.2 Å². The van der Waals surface area contributed by atoms with E-state index in [1.807, 2.05) is 13.8 Å². The molecule has 3 N–H and O–H groups in total. The van der Waals surface area contributed by atoms with E-state index in [0.29, 0.717) is 43.4 Å². The first-order chi connectivity index (χ1) is 9.52. The van der Waals surface area contributed by atoms with E-state index >= 15 is 0 Å². The molecule has 0 unspecified atom stereocenters. The largest absolute Gasteiger partial charge is 0.473 e. The van der Waals surface area contributed by atoms with Gasteiger partial charge in [-0.2, -0.15) is 4.98 Å². The van der Waals surface area contributed by atoms with Crippen LogP contribution in [0.5, 0.6) is 5.88 Å². The summed E-state index contributed by atoms with van der Waals surface area (Å²) >= 11 is 0. The Morgan fingerprint density at radius 2 is 2.20 bits per heavy atom. The highest BCUT2D eigenvalue weighted by atomic mass is 16.5. The van der Waals surface area contributed by atoms with Gasteiger partial charge in [-0.3, -0.25) is 4.79 Å². The fourth-order valence-corrected chi connectivity index (χ4v) is 1.55. The number of nitrogen functional groups attached to an aromatic ring is 1. The Bertz CT molecular complexity index is 436. The van der Waals surface area contributed by atoms with Crippen molar-refractivity contribution in [1.29, 1.82) is 0 Å². The average Bonchev–Trinajstić information content (AvgIpc) is 2.38. The predicted octanol–water partition coefficient (Wildman–Crippen LogP) is 2.21. The van der Waals surface area contributed by atoms with Crippen molar-refractivity contribution in [3.8, 4) is 5.88 Å². The lowest BCUT2D eigenvalue weighted by Crippen LogP contribution is -2.11. The van der Waals surface area contributed by atoms with Gasteiger partial charge in [0.05, 0.1) is 18.4 Å². The first-order valence-electron chi connectivity index (χ1n) is 6.85. The van der Waals surface area contributed by atoms with E-state index in [2.05, 4.69) is 10.3 Å². The summed E-state index contributed by atoms with van der Waals surface area (Å²) in [6, 6.07) is 3.53. The maximum Gasteiger partial charge on any atom is 0.305 e. The maximum absolute atomic E-state index is 11.2. The molecule has 0 saturated carbocycles. The van der Waals surface area contributed by atoms with E-state index in [1.165, 1.54) is 0 Å². The third kappa shape index (κ3) is 5.77.